The fourth-order valence-corrected chi connectivity index (χ4v) is 2.30. The van der Waals surface area contributed by atoms with Crippen molar-refractivity contribution in [2.24, 2.45) is 0 Å². The summed E-state index contributed by atoms with van der Waals surface area (Å²) in [5.41, 5.74) is 0.568. The average Bonchev–Trinajstić information content (AvgIpc) is 2.52. The van der Waals surface area contributed by atoms with Crippen molar-refractivity contribution in [3.63, 3.8) is 0 Å². The van der Waals surface area contributed by atoms with Crippen LogP contribution in [0.1, 0.15) is 12.8 Å². The molecule has 0 aliphatic carbocycles. The van der Waals surface area contributed by atoms with E-state index in [0.717, 1.165) is 25.9 Å². The number of hydrogen-bond acceptors (Lipinski definition) is 4. The van der Waals surface area contributed by atoms with Crippen LogP contribution in [0.2, 0.25) is 0 Å². The zero-order valence-corrected chi connectivity index (χ0v) is 11.8. The van der Waals surface area contributed by atoms with Crippen molar-refractivity contribution in [3.05, 3.63) is 30.3 Å². The molecule has 0 atom stereocenters. The summed E-state index contributed by atoms with van der Waals surface area (Å²) in [5.74, 6) is -1.38. The molecule has 1 heterocycles. The number of nitrogens with zero attached hydrogens (tertiary/aromatic N) is 1. The summed E-state index contributed by atoms with van der Waals surface area (Å²) in [5, 5.41) is 12.2. The molecule has 1 aliphatic heterocycles. The number of nitrogens with one attached hydrogen (secondary N) is 1. The number of piperidine rings is 1. The molecule has 0 unspecified atom stereocenters. The van der Waals surface area contributed by atoms with Crippen molar-refractivity contribution in [2.75, 3.05) is 31.1 Å². The summed E-state index contributed by atoms with van der Waals surface area (Å²) in [7, 11) is 0. The van der Waals surface area contributed by atoms with E-state index in [9.17, 15) is 9.59 Å². The molecular formula is C15H20N2O4. The summed E-state index contributed by atoms with van der Waals surface area (Å²) >= 11 is 0. The third kappa shape index (κ3) is 4.84. The van der Waals surface area contributed by atoms with Gasteiger partial charge in [-0.25, -0.2) is 0 Å². The van der Waals surface area contributed by atoms with Gasteiger partial charge in [-0.15, -0.1) is 0 Å². The fourth-order valence-electron chi connectivity index (χ4n) is 2.30. The van der Waals surface area contributed by atoms with Crippen LogP contribution in [0.4, 0.5) is 5.69 Å². The van der Waals surface area contributed by atoms with Crippen LogP contribution in [-0.2, 0) is 14.3 Å². The molecule has 6 heteroatoms. The van der Waals surface area contributed by atoms with Crippen LogP contribution < -0.4 is 10.2 Å². The van der Waals surface area contributed by atoms with E-state index in [1.165, 1.54) is 4.90 Å². The number of benzene rings is 1. The molecule has 0 aromatic heterocycles. The Morgan fingerprint density at radius 3 is 2.52 bits per heavy atom. The molecule has 1 aromatic rings. The quantitative estimate of drug-likeness (QED) is 0.813. The van der Waals surface area contributed by atoms with Crippen molar-refractivity contribution < 1.29 is 19.4 Å². The summed E-state index contributed by atoms with van der Waals surface area (Å²) in [4.78, 5) is 24.4. The standard InChI is InChI=1S/C15H20N2O4/c18-14(11-21-13-6-8-16-9-7-13)17(10-15(19)20)12-4-2-1-3-5-12/h1-5,13,16H,6-11H2,(H,19,20). The van der Waals surface area contributed by atoms with Gasteiger partial charge in [0.05, 0.1) is 6.10 Å². The Labute approximate surface area is 123 Å². The van der Waals surface area contributed by atoms with Crippen LogP contribution in [0.15, 0.2) is 30.3 Å². The monoisotopic (exact) mass is 292 g/mol. The van der Waals surface area contributed by atoms with E-state index in [-0.39, 0.29) is 25.2 Å². The molecule has 0 spiro atoms. The van der Waals surface area contributed by atoms with E-state index in [1.54, 1.807) is 24.3 Å². The molecular weight excluding hydrogens is 272 g/mol. The Balaban J connectivity index is 1.95. The first kappa shape index (κ1) is 15.5. The lowest BCUT2D eigenvalue weighted by Gasteiger charge is -2.25. The third-order valence-corrected chi connectivity index (χ3v) is 3.39. The van der Waals surface area contributed by atoms with E-state index in [1.807, 2.05) is 6.07 Å². The maximum absolute atomic E-state index is 12.2. The van der Waals surface area contributed by atoms with Gasteiger partial charge in [0.25, 0.3) is 5.91 Å². The van der Waals surface area contributed by atoms with Crippen LogP contribution in [0.5, 0.6) is 0 Å². The maximum atomic E-state index is 12.2. The van der Waals surface area contributed by atoms with Gasteiger partial charge in [-0.05, 0) is 38.1 Å². The second-order valence-electron chi connectivity index (χ2n) is 4.97. The number of ether oxygens (including phenoxy) is 1. The number of hydrogen-bond donors (Lipinski definition) is 2. The van der Waals surface area contributed by atoms with Gasteiger partial charge in [0, 0.05) is 5.69 Å². The van der Waals surface area contributed by atoms with Crippen molar-refractivity contribution >= 4 is 17.6 Å². The highest BCUT2D eigenvalue weighted by Gasteiger charge is 2.21. The first-order chi connectivity index (χ1) is 10.2. The van der Waals surface area contributed by atoms with Crippen molar-refractivity contribution in [2.45, 2.75) is 18.9 Å². The molecule has 114 valence electrons. The second-order valence-corrected chi connectivity index (χ2v) is 4.97. The third-order valence-electron chi connectivity index (χ3n) is 3.39. The minimum atomic E-state index is -1.05. The number of carbonyl (C=O) groups excluding carboxylic acids is 1. The Morgan fingerprint density at radius 2 is 1.90 bits per heavy atom. The fraction of sp³-hybridized carbons (Fsp3) is 0.467. The first-order valence-corrected chi connectivity index (χ1v) is 7.06. The number of anilines is 1. The van der Waals surface area contributed by atoms with Gasteiger partial charge in [-0.1, -0.05) is 18.2 Å². The number of rotatable bonds is 6. The van der Waals surface area contributed by atoms with Gasteiger partial charge in [-0.3, -0.25) is 14.5 Å². The topological polar surface area (TPSA) is 78.9 Å². The van der Waals surface area contributed by atoms with E-state index < -0.39 is 5.97 Å². The Kier molecular flexibility index (Phi) is 5.71. The highest BCUT2D eigenvalue weighted by molar-refractivity contribution is 5.98. The summed E-state index contributed by atoms with van der Waals surface area (Å²) < 4.78 is 5.60. The average molecular weight is 292 g/mol. The number of aliphatic carboxylic acids is 1. The number of carboxylic acid groups (broad SMARTS) is 1. The summed E-state index contributed by atoms with van der Waals surface area (Å²) in [6.07, 6.45) is 1.81. The lowest BCUT2D eigenvalue weighted by atomic mass is 10.1. The van der Waals surface area contributed by atoms with Crippen LogP contribution >= 0.6 is 0 Å². The Bertz CT molecular complexity index is 472. The van der Waals surface area contributed by atoms with Crippen molar-refractivity contribution in [3.8, 4) is 0 Å². The molecule has 0 bridgehead atoms. The van der Waals surface area contributed by atoms with E-state index in [4.69, 9.17) is 9.84 Å². The summed E-state index contributed by atoms with van der Waals surface area (Å²) in [6, 6.07) is 8.78. The van der Waals surface area contributed by atoms with Crippen LogP contribution in [0.25, 0.3) is 0 Å². The number of amides is 1. The molecule has 0 radical (unpaired) electrons. The molecule has 6 nitrogen and oxygen atoms in total. The number of carboxylic acids is 1. The first-order valence-electron chi connectivity index (χ1n) is 7.06. The molecule has 1 aromatic carbocycles. The van der Waals surface area contributed by atoms with Gasteiger partial charge in [-0.2, -0.15) is 0 Å². The van der Waals surface area contributed by atoms with Crippen LogP contribution in [0, 0.1) is 0 Å². The molecule has 21 heavy (non-hydrogen) atoms. The van der Waals surface area contributed by atoms with Gasteiger partial charge >= 0.3 is 5.97 Å². The van der Waals surface area contributed by atoms with E-state index in [0.29, 0.717) is 5.69 Å². The zero-order chi connectivity index (χ0) is 15.1. The maximum Gasteiger partial charge on any atom is 0.323 e. The van der Waals surface area contributed by atoms with Crippen molar-refractivity contribution in [1.29, 1.82) is 0 Å². The lowest BCUT2D eigenvalue weighted by molar-refractivity contribution is -0.137. The number of carbonyl (C=O) groups is 2. The molecule has 1 saturated heterocycles. The highest BCUT2D eigenvalue weighted by Crippen LogP contribution is 2.14. The molecule has 1 amide bonds. The minimum absolute atomic E-state index is 0.0673. The normalized spacial score (nSPS) is 15.6. The highest BCUT2D eigenvalue weighted by atomic mass is 16.5. The SMILES string of the molecule is O=C(O)CN(C(=O)COC1CCNCC1)c1ccccc1. The molecule has 1 aliphatic rings. The Hall–Kier alpha value is -1.92. The lowest BCUT2D eigenvalue weighted by Crippen LogP contribution is -2.40. The van der Waals surface area contributed by atoms with Crippen LogP contribution in [-0.4, -0.2) is 49.3 Å². The molecule has 2 N–H and O–H groups in total. The smallest absolute Gasteiger partial charge is 0.323 e. The predicted molar refractivity (Wildman–Crippen MR) is 78.3 cm³/mol. The van der Waals surface area contributed by atoms with Crippen LogP contribution in [0.3, 0.4) is 0 Å². The van der Waals surface area contributed by atoms with Gasteiger partial charge in [0.15, 0.2) is 0 Å². The van der Waals surface area contributed by atoms with Gasteiger partial charge < -0.3 is 15.2 Å². The largest absolute Gasteiger partial charge is 0.480 e. The second kappa shape index (κ2) is 7.75. The minimum Gasteiger partial charge on any atom is -0.480 e. The van der Waals surface area contributed by atoms with Crippen molar-refractivity contribution in [1.82, 2.24) is 5.32 Å². The Morgan fingerprint density at radius 1 is 1.24 bits per heavy atom. The molecule has 1 fully saturated rings. The van der Waals surface area contributed by atoms with E-state index >= 15 is 0 Å². The summed E-state index contributed by atoms with van der Waals surface area (Å²) in [6.45, 7) is 1.32. The molecule has 0 saturated carbocycles. The predicted octanol–water partition coefficient (Wildman–Crippen LogP) is 0.873. The van der Waals surface area contributed by atoms with Gasteiger partial charge in [0.1, 0.15) is 13.2 Å². The number of para-hydroxylation sites is 1. The zero-order valence-electron chi connectivity index (χ0n) is 11.8. The molecule has 2 rings (SSSR count). The van der Waals surface area contributed by atoms with E-state index in [2.05, 4.69) is 5.32 Å². The van der Waals surface area contributed by atoms with Gasteiger partial charge in [0.2, 0.25) is 0 Å².